The smallest absolute Gasteiger partial charge is 0.256 e. The zero-order chi connectivity index (χ0) is 15.6. The van der Waals surface area contributed by atoms with Gasteiger partial charge in [0, 0.05) is 21.3 Å². The Morgan fingerprint density at radius 3 is 2.33 bits per heavy atom. The predicted octanol–water partition coefficient (Wildman–Crippen LogP) is 3.39. The molecule has 0 atom stereocenters. The Labute approximate surface area is 137 Å². The van der Waals surface area contributed by atoms with Crippen LogP contribution in [0.3, 0.4) is 0 Å². The molecule has 0 radical (unpaired) electrons. The van der Waals surface area contributed by atoms with Crippen LogP contribution in [0.25, 0.3) is 0 Å². The molecule has 110 valence electrons. The van der Waals surface area contributed by atoms with Crippen LogP contribution < -0.4 is 5.32 Å². The Hall–Kier alpha value is -1.31. The zero-order valence-corrected chi connectivity index (χ0v) is 14.3. The highest BCUT2D eigenvalue weighted by molar-refractivity contribution is 9.10. The van der Waals surface area contributed by atoms with E-state index < -0.39 is 9.84 Å². The summed E-state index contributed by atoms with van der Waals surface area (Å²) < 4.78 is 23.4. The molecule has 0 heterocycles. The van der Waals surface area contributed by atoms with E-state index in [4.69, 9.17) is 0 Å². The second kappa shape index (κ2) is 6.21. The number of carbonyl (C=O) groups is 1. The second-order valence-corrected chi connectivity index (χ2v) is 7.80. The monoisotopic (exact) mass is 385 g/mol. The fourth-order valence-corrected chi connectivity index (χ4v) is 2.93. The van der Waals surface area contributed by atoms with E-state index in [9.17, 15) is 13.2 Å². The van der Waals surface area contributed by atoms with E-state index >= 15 is 0 Å². The van der Waals surface area contributed by atoms with Crippen LogP contribution in [-0.4, -0.2) is 20.6 Å². The van der Waals surface area contributed by atoms with E-state index in [-0.39, 0.29) is 10.8 Å². The molecule has 2 aromatic carbocycles. The molecule has 0 aliphatic heterocycles. The van der Waals surface area contributed by atoms with Crippen molar-refractivity contribution in [1.82, 2.24) is 0 Å². The molecule has 0 saturated heterocycles. The van der Waals surface area contributed by atoms with Gasteiger partial charge in [0.25, 0.3) is 5.91 Å². The number of nitrogens with one attached hydrogen (secondary N) is 1. The van der Waals surface area contributed by atoms with E-state index in [1.54, 1.807) is 30.3 Å². The predicted molar refractivity (Wildman–Crippen MR) is 88.9 cm³/mol. The first-order valence-electron chi connectivity index (χ1n) is 5.87. The second-order valence-electron chi connectivity index (χ2n) is 4.41. The summed E-state index contributed by atoms with van der Waals surface area (Å²) in [6, 6.07) is 11.2. The first kappa shape index (κ1) is 16.1. The highest BCUT2D eigenvalue weighted by Crippen LogP contribution is 2.22. The van der Waals surface area contributed by atoms with E-state index in [1.807, 2.05) is 0 Å². The summed E-state index contributed by atoms with van der Waals surface area (Å²) in [6.45, 7) is 0. The number of sulfone groups is 1. The van der Waals surface area contributed by atoms with Crippen LogP contribution in [0.15, 0.2) is 56.7 Å². The average molecular weight is 386 g/mol. The Morgan fingerprint density at radius 1 is 1.14 bits per heavy atom. The quantitative estimate of drug-likeness (QED) is 0.795. The number of benzene rings is 2. The number of hydrogen-bond donors (Lipinski definition) is 2. The van der Waals surface area contributed by atoms with E-state index in [0.29, 0.717) is 20.6 Å². The van der Waals surface area contributed by atoms with Crippen LogP contribution in [0.4, 0.5) is 5.69 Å². The van der Waals surface area contributed by atoms with Crippen molar-refractivity contribution in [2.45, 2.75) is 9.79 Å². The average Bonchev–Trinajstić information content (AvgIpc) is 2.41. The number of thiol groups is 1. The third kappa shape index (κ3) is 4.09. The lowest BCUT2D eigenvalue weighted by molar-refractivity contribution is 0.102. The van der Waals surface area contributed by atoms with Crippen molar-refractivity contribution in [2.24, 2.45) is 0 Å². The van der Waals surface area contributed by atoms with Crippen LogP contribution >= 0.6 is 28.6 Å². The van der Waals surface area contributed by atoms with Crippen LogP contribution in [0, 0.1) is 0 Å². The fraction of sp³-hybridized carbons (Fsp3) is 0.0714. The van der Waals surface area contributed by atoms with Gasteiger partial charge in [-0.05, 0) is 58.4 Å². The molecule has 0 saturated carbocycles. The lowest BCUT2D eigenvalue weighted by atomic mass is 10.2. The first-order valence-corrected chi connectivity index (χ1v) is 9.00. The Morgan fingerprint density at radius 2 is 1.76 bits per heavy atom. The fourth-order valence-electron chi connectivity index (χ4n) is 1.67. The molecule has 1 N–H and O–H groups in total. The largest absolute Gasteiger partial charge is 0.322 e. The molecule has 1 amide bonds. The Balaban J connectivity index is 2.22. The molecular formula is C14H12BrNO3S2. The molecule has 0 bridgehead atoms. The summed E-state index contributed by atoms with van der Waals surface area (Å²) >= 11 is 7.51. The minimum atomic E-state index is -3.24. The minimum absolute atomic E-state index is 0.207. The minimum Gasteiger partial charge on any atom is -0.322 e. The summed E-state index contributed by atoms with van der Waals surface area (Å²) in [6.07, 6.45) is 1.13. The number of anilines is 1. The standard InChI is InChI=1S/C14H12BrNO3S2/c1-21(18,19)11-5-2-9(3-6-11)16-14(17)12-8-10(20)4-7-13(12)15/h2-8,20H,1H3,(H,16,17). The maximum Gasteiger partial charge on any atom is 0.256 e. The summed E-state index contributed by atoms with van der Waals surface area (Å²) in [7, 11) is -3.24. The van der Waals surface area contributed by atoms with Gasteiger partial charge in [0.15, 0.2) is 9.84 Å². The normalized spacial score (nSPS) is 11.2. The van der Waals surface area contributed by atoms with Crippen molar-refractivity contribution in [2.75, 3.05) is 11.6 Å². The third-order valence-electron chi connectivity index (χ3n) is 2.73. The van der Waals surface area contributed by atoms with Crippen LogP contribution in [0.1, 0.15) is 10.4 Å². The maximum atomic E-state index is 12.2. The summed E-state index contributed by atoms with van der Waals surface area (Å²) in [5.41, 5.74) is 0.971. The number of rotatable bonds is 3. The molecule has 2 aromatic rings. The zero-order valence-electron chi connectivity index (χ0n) is 11.0. The molecule has 21 heavy (non-hydrogen) atoms. The van der Waals surface area contributed by atoms with E-state index in [2.05, 4.69) is 33.9 Å². The molecule has 0 aliphatic rings. The highest BCUT2D eigenvalue weighted by atomic mass is 79.9. The highest BCUT2D eigenvalue weighted by Gasteiger charge is 2.12. The molecule has 0 spiro atoms. The van der Waals surface area contributed by atoms with Crippen molar-refractivity contribution in [1.29, 1.82) is 0 Å². The Kier molecular flexibility index (Phi) is 4.75. The van der Waals surface area contributed by atoms with Gasteiger partial charge in [-0.2, -0.15) is 0 Å². The van der Waals surface area contributed by atoms with Gasteiger partial charge in [-0.25, -0.2) is 8.42 Å². The van der Waals surface area contributed by atoms with Crippen molar-refractivity contribution >= 4 is 50.0 Å². The Bertz CT molecular complexity index is 786. The maximum absolute atomic E-state index is 12.2. The third-order valence-corrected chi connectivity index (χ3v) is 4.83. The molecule has 0 unspecified atom stereocenters. The molecule has 7 heteroatoms. The molecule has 0 aliphatic carbocycles. The number of hydrogen-bond acceptors (Lipinski definition) is 4. The van der Waals surface area contributed by atoms with Gasteiger partial charge < -0.3 is 5.32 Å². The summed E-state index contributed by atoms with van der Waals surface area (Å²) in [5, 5.41) is 2.71. The number of carbonyl (C=O) groups excluding carboxylic acids is 1. The van der Waals surface area contributed by atoms with E-state index in [0.717, 1.165) is 6.26 Å². The molecule has 4 nitrogen and oxygen atoms in total. The van der Waals surface area contributed by atoms with E-state index in [1.165, 1.54) is 12.1 Å². The SMILES string of the molecule is CS(=O)(=O)c1ccc(NC(=O)c2cc(S)ccc2Br)cc1. The van der Waals surface area contributed by atoms with Gasteiger partial charge in [-0.3, -0.25) is 4.79 Å². The molecular weight excluding hydrogens is 374 g/mol. The summed E-state index contributed by atoms with van der Waals surface area (Å²) in [5.74, 6) is -0.301. The van der Waals surface area contributed by atoms with Crippen LogP contribution in [0.5, 0.6) is 0 Å². The van der Waals surface area contributed by atoms with Gasteiger partial charge >= 0.3 is 0 Å². The van der Waals surface area contributed by atoms with Gasteiger partial charge in [0.2, 0.25) is 0 Å². The molecule has 2 rings (SSSR count). The van der Waals surface area contributed by atoms with Crippen molar-refractivity contribution in [3.8, 4) is 0 Å². The lowest BCUT2D eigenvalue weighted by Crippen LogP contribution is -2.12. The van der Waals surface area contributed by atoms with Gasteiger partial charge in [-0.1, -0.05) is 0 Å². The van der Waals surface area contributed by atoms with Crippen molar-refractivity contribution in [3.05, 3.63) is 52.5 Å². The van der Waals surface area contributed by atoms with Gasteiger partial charge in [0.05, 0.1) is 10.5 Å². The van der Waals surface area contributed by atoms with Gasteiger partial charge in [-0.15, -0.1) is 12.6 Å². The topological polar surface area (TPSA) is 63.2 Å². The van der Waals surface area contributed by atoms with Gasteiger partial charge in [0.1, 0.15) is 0 Å². The first-order chi connectivity index (χ1) is 9.77. The molecule has 0 aromatic heterocycles. The van der Waals surface area contributed by atoms with Crippen LogP contribution in [-0.2, 0) is 9.84 Å². The van der Waals surface area contributed by atoms with Crippen molar-refractivity contribution < 1.29 is 13.2 Å². The van der Waals surface area contributed by atoms with Crippen LogP contribution in [0.2, 0.25) is 0 Å². The lowest BCUT2D eigenvalue weighted by Gasteiger charge is -2.08. The number of halogens is 1. The summed E-state index contributed by atoms with van der Waals surface area (Å²) in [4.78, 5) is 13.1. The number of amides is 1. The van der Waals surface area contributed by atoms with Crippen molar-refractivity contribution in [3.63, 3.8) is 0 Å². The molecule has 0 fully saturated rings.